The molecule has 0 aliphatic rings. The van der Waals surface area contributed by atoms with Crippen LogP contribution in [0.3, 0.4) is 0 Å². The Bertz CT molecular complexity index is 873. The van der Waals surface area contributed by atoms with Gasteiger partial charge in [0.2, 0.25) is 5.91 Å². The summed E-state index contributed by atoms with van der Waals surface area (Å²) in [6.07, 6.45) is 1.29. The number of thiocarbonyl (C=S) groups is 1. The van der Waals surface area contributed by atoms with Crippen LogP contribution in [-0.4, -0.2) is 21.4 Å². The number of rotatable bonds is 9. The summed E-state index contributed by atoms with van der Waals surface area (Å²) in [6, 6.07) is 22.4. The van der Waals surface area contributed by atoms with Crippen LogP contribution < -0.4 is 5.32 Å². The number of nitrogens with one attached hydrogen (secondary N) is 1. The number of carbonyl (C=O) groups excluding carboxylic acids is 1. The third kappa shape index (κ3) is 7.59. The van der Waals surface area contributed by atoms with Crippen LogP contribution in [0, 0.1) is 16.7 Å². The van der Waals surface area contributed by atoms with Gasteiger partial charge < -0.3 is 5.32 Å². The van der Waals surface area contributed by atoms with Crippen LogP contribution in [0.1, 0.15) is 57.6 Å². The Hall–Kier alpha value is -2.16. The molecule has 2 unspecified atom stereocenters. The van der Waals surface area contributed by atoms with Gasteiger partial charge in [-0.2, -0.15) is 5.26 Å². The molecule has 0 saturated carbocycles. The van der Waals surface area contributed by atoms with E-state index in [2.05, 4.69) is 23.5 Å². The number of nitrogens with zero attached hydrogens (tertiary/aromatic N) is 1. The minimum Gasteiger partial charge on any atom is -0.353 e. The van der Waals surface area contributed by atoms with Crippen LogP contribution in [0.5, 0.6) is 0 Å². The molecule has 0 spiro atoms. The molecule has 2 atom stereocenters. The van der Waals surface area contributed by atoms with Crippen LogP contribution in [0.25, 0.3) is 0 Å². The summed E-state index contributed by atoms with van der Waals surface area (Å²) < 4.78 is 0.714. The fourth-order valence-electron chi connectivity index (χ4n) is 3.34. The van der Waals surface area contributed by atoms with E-state index in [4.69, 9.17) is 12.2 Å². The molecular weight excluding hydrogens is 408 g/mol. The van der Waals surface area contributed by atoms with Gasteiger partial charge >= 0.3 is 0 Å². The van der Waals surface area contributed by atoms with Crippen molar-refractivity contribution in [3.63, 3.8) is 0 Å². The number of amides is 1. The van der Waals surface area contributed by atoms with Crippen molar-refractivity contribution < 1.29 is 4.79 Å². The molecular formula is C25H30N2OS2. The first-order chi connectivity index (χ1) is 14.2. The smallest absolute Gasteiger partial charge is 0.233 e. The molecule has 0 heterocycles. The average molecular weight is 439 g/mol. The zero-order chi connectivity index (χ0) is 22.1. The molecule has 2 rings (SSSR count). The minimum atomic E-state index is -0.482. The molecule has 158 valence electrons. The SMILES string of the molecule is CC(C)NC(=O)C(CC(CC(C)(C)C#N)c1ccccc1)SC(=S)c1ccccc1. The Kier molecular flexibility index (Phi) is 9.08. The Morgan fingerprint density at radius 2 is 1.67 bits per heavy atom. The molecule has 0 aliphatic carbocycles. The lowest BCUT2D eigenvalue weighted by Gasteiger charge is -2.28. The van der Waals surface area contributed by atoms with Crippen LogP contribution in [0.15, 0.2) is 60.7 Å². The van der Waals surface area contributed by atoms with E-state index in [0.29, 0.717) is 17.0 Å². The van der Waals surface area contributed by atoms with Gasteiger partial charge in [-0.25, -0.2) is 0 Å². The number of carbonyl (C=O) groups is 1. The fraction of sp³-hybridized carbons (Fsp3) is 0.400. The van der Waals surface area contributed by atoms with Gasteiger partial charge in [-0.3, -0.25) is 4.79 Å². The maximum absolute atomic E-state index is 13.1. The second-order valence-corrected chi connectivity index (χ2v) is 10.3. The maximum atomic E-state index is 13.1. The molecule has 3 nitrogen and oxygen atoms in total. The third-order valence-electron chi connectivity index (χ3n) is 4.81. The lowest BCUT2D eigenvalue weighted by Crippen LogP contribution is -2.38. The first-order valence-electron chi connectivity index (χ1n) is 10.2. The molecule has 0 saturated heterocycles. The lowest BCUT2D eigenvalue weighted by atomic mass is 9.79. The summed E-state index contributed by atoms with van der Waals surface area (Å²) in [5, 5.41) is 12.3. The van der Waals surface area contributed by atoms with E-state index in [1.807, 2.05) is 76.2 Å². The van der Waals surface area contributed by atoms with E-state index in [1.165, 1.54) is 11.8 Å². The Balaban J connectivity index is 2.30. The molecule has 1 amide bonds. The van der Waals surface area contributed by atoms with Crippen molar-refractivity contribution in [1.82, 2.24) is 5.32 Å². The third-order valence-corrected chi connectivity index (χ3v) is 6.48. The van der Waals surface area contributed by atoms with Gasteiger partial charge in [-0.05, 0) is 57.6 Å². The predicted octanol–water partition coefficient (Wildman–Crippen LogP) is 6.10. The van der Waals surface area contributed by atoms with Crippen molar-refractivity contribution in [1.29, 1.82) is 5.26 Å². The Labute approximate surface area is 190 Å². The topological polar surface area (TPSA) is 52.9 Å². The van der Waals surface area contributed by atoms with E-state index >= 15 is 0 Å². The molecule has 0 radical (unpaired) electrons. The lowest BCUT2D eigenvalue weighted by molar-refractivity contribution is -0.121. The van der Waals surface area contributed by atoms with Gasteiger partial charge in [0.05, 0.1) is 20.9 Å². The van der Waals surface area contributed by atoms with Gasteiger partial charge in [-0.15, -0.1) is 11.8 Å². The summed E-state index contributed by atoms with van der Waals surface area (Å²) in [7, 11) is 0. The number of hydrogen-bond donors (Lipinski definition) is 1. The zero-order valence-corrected chi connectivity index (χ0v) is 19.7. The van der Waals surface area contributed by atoms with Gasteiger partial charge in [0.15, 0.2) is 0 Å². The van der Waals surface area contributed by atoms with Crippen LogP contribution in [-0.2, 0) is 4.79 Å². The predicted molar refractivity (Wildman–Crippen MR) is 131 cm³/mol. The molecule has 30 heavy (non-hydrogen) atoms. The highest BCUT2D eigenvalue weighted by molar-refractivity contribution is 8.24. The molecule has 5 heteroatoms. The summed E-state index contributed by atoms with van der Waals surface area (Å²) >= 11 is 7.10. The Morgan fingerprint density at radius 3 is 2.20 bits per heavy atom. The van der Waals surface area contributed by atoms with Gasteiger partial charge in [-0.1, -0.05) is 72.9 Å². The standard InChI is InChI=1S/C25H30N2OS2/c1-18(2)27-23(28)22(30-24(29)20-13-9-6-10-14-20)15-21(16-25(3,4)17-26)19-11-7-5-8-12-19/h5-14,18,21-22H,15-16H2,1-4H3,(H,27,28). The molecule has 0 fully saturated rings. The van der Waals surface area contributed by atoms with Crippen molar-refractivity contribution in [2.45, 2.75) is 57.7 Å². The quantitative estimate of drug-likeness (QED) is 0.480. The van der Waals surface area contributed by atoms with Gasteiger partial charge in [0.1, 0.15) is 0 Å². The number of benzene rings is 2. The number of nitriles is 1. The fourth-order valence-corrected chi connectivity index (χ4v) is 4.86. The highest BCUT2D eigenvalue weighted by atomic mass is 32.2. The monoisotopic (exact) mass is 438 g/mol. The molecule has 0 aliphatic heterocycles. The highest BCUT2D eigenvalue weighted by Crippen LogP contribution is 2.37. The summed E-state index contributed by atoms with van der Waals surface area (Å²) in [6.45, 7) is 7.83. The van der Waals surface area contributed by atoms with Crippen molar-refractivity contribution in [3.05, 3.63) is 71.8 Å². The van der Waals surface area contributed by atoms with Crippen molar-refractivity contribution in [3.8, 4) is 6.07 Å². The van der Waals surface area contributed by atoms with Crippen molar-refractivity contribution >= 4 is 34.1 Å². The second-order valence-electron chi connectivity index (χ2n) is 8.47. The summed E-state index contributed by atoms with van der Waals surface area (Å²) in [5.41, 5.74) is 1.62. The van der Waals surface area contributed by atoms with Crippen LogP contribution in [0.4, 0.5) is 0 Å². The van der Waals surface area contributed by atoms with E-state index in [1.54, 1.807) is 0 Å². The maximum Gasteiger partial charge on any atom is 0.233 e. The first-order valence-corrected chi connectivity index (χ1v) is 11.5. The van der Waals surface area contributed by atoms with Gasteiger partial charge in [0.25, 0.3) is 0 Å². The summed E-state index contributed by atoms with van der Waals surface area (Å²) in [5.74, 6) is 0.0683. The van der Waals surface area contributed by atoms with Crippen LogP contribution in [0.2, 0.25) is 0 Å². The van der Waals surface area contributed by atoms with E-state index < -0.39 is 5.41 Å². The largest absolute Gasteiger partial charge is 0.353 e. The minimum absolute atomic E-state index is 0.0102. The molecule has 2 aromatic carbocycles. The van der Waals surface area contributed by atoms with Crippen molar-refractivity contribution in [2.24, 2.45) is 5.41 Å². The summed E-state index contributed by atoms with van der Waals surface area (Å²) in [4.78, 5) is 13.1. The van der Waals surface area contributed by atoms with E-state index in [-0.39, 0.29) is 23.1 Å². The normalized spacial score (nSPS) is 13.3. The Morgan fingerprint density at radius 1 is 1.10 bits per heavy atom. The number of thioether (sulfide) groups is 1. The first kappa shape index (κ1) is 24.1. The van der Waals surface area contributed by atoms with Crippen molar-refractivity contribution in [2.75, 3.05) is 0 Å². The average Bonchev–Trinajstić information content (AvgIpc) is 2.73. The van der Waals surface area contributed by atoms with E-state index in [0.717, 1.165) is 11.1 Å². The van der Waals surface area contributed by atoms with Crippen LogP contribution >= 0.6 is 24.0 Å². The molecule has 1 N–H and O–H groups in total. The van der Waals surface area contributed by atoms with E-state index in [9.17, 15) is 10.1 Å². The molecule has 0 bridgehead atoms. The molecule has 2 aromatic rings. The highest BCUT2D eigenvalue weighted by Gasteiger charge is 2.30. The molecule has 0 aromatic heterocycles. The second kappa shape index (κ2) is 11.3. The van der Waals surface area contributed by atoms with Gasteiger partial charge in [0, 0.05) is 6.04 Å². The number of hydrogen-bond acceptors (Lipinski definition) is 4. The zero-order valence-electron chi connectivity index (χ0n) is 18.1.